The Labute approximate surface area is 169 Å². The van der Waals surface area contributed by atoms with Crippen LogP contribution in [0, 0.1) is 6.92 Å². The lowest BCUT2D eigenvalue weighted by Gasteiger charge is -2.26. The quantitative estimate of drug-likeness (QED) is 0.700. The van der Waals surface area contributed by atoms with Gasteiger partial charge in [0.05, 0.1) is 0 Å². The van der Waals surface area contributed by atoms with Crippen LogP contribution < -0.4 is 9.80 Å². The highest BCUT2D eigenvalue weighted by Crippen LogP contribution is 2.25. The molecule has 0 aliphatic heterocycles. The molecule has 0 saturated heterocycles. The van der Waals surface area contributed by atoms with Crippen LogP contribution in [0.4, 0.5) is 11.4 Å². The highest BCUT2D eigenvalue weighted by molar-refractivity contribution is 5.96. The van der Waals surface area contributed by atoms with Crippen LogP contribution in [0.3, 0.4) is 0 Å². The van der Waals surface area contributed by atoms with E-state index < -0.39 is 0 Å². The fraction of sp³-hybridized carbons (Fsp3) is 0.417. The molecule has 28 heavy (non-hydrogen) atoms. The van der Waals surface area contributed by atoms with Gasteiger partial charge < -0.3 is 9.80 Å². The van der Waals surface area contributed by atoms with Crippen LogP contribution in [0.25, 0.3) is 0 Å². The molecule has 2 aromatic carbocycles. The summed E-state index contributed by atoms with van der Waals surface area (Å²) in [6, 6.07) is 16.0. The molecule has 0 saturated carbocycles. The number of benzene rings is 2. The van der Waals surface area contributed by atoms with Crippen molar-refractivity contribution in [3.63, 3.8) is 0 Å². The van der Waals surface area contributed by atoms with E-state index in [1.54, 1.807) is 16.7 Å². The largest absolute Gasteiger partial charge is 0.313 e. The average molecular weight is 381 g/mol. The molecule has 0 unspecified atom stereocenters. The average Bonchev–Trinajstić information content (AvgIpc) is 2.62. The summed E-state index contributed by atoms with van der Waals surface area (Å²) in [6.07, 6.45) is 0.280. The van der Waals surface area contributed by atoms with Gasteiger partial charge in [-0.05, 0) is 54.7 Å². The van der Waals surface area contributed by atoms with Gasteiger partial charge in [0.25, 0.3) is 0 Å². The van der Waals surface area contributed by atoms with E-state index >= 15 is 0 Å². The summed E-state index contributed by atoms with van der Waals surface area (Å²) in [5.41, 5.74) is 4.12. The van der Waals surface area contributed by atoms with Crippen molar-refractivity contribution in [3.05, 3.63) is 59.7 Å². The van der Waals surface area contributed by atoms with E-state index in [0.29, 0.717) is 13.1 Å². The smallest absolute Gasteiger partial charge is 0.228 e. The Morgan fingerprint density at radius 1 is 0.929 bits per heavy atom. The fourth-order valence-electron chi connectivity index (χ4n) is 3.25. The van der Waals surface area contributed by atoms with Crippen molar-refractivity contribution >= 4 is 23.2 Å². The van der Waals surface area contributed by atoms with Gasteiger partial charge in [-0.15, -0.1) is 0 Å². The third kappa shape index (κ3) is 5.44. The molecular weight excluding hydrogens is 348 g/mol. The molecule has 0 aromatic heterocycles. The van der Waals surface area contributed by atoms with Gasteiger partial charge in [-0.3, -0.25) is 9.59 Å². The second-order valence-electron chi connectivity index (χ2n) is 8.19. The minimum atomic E-state index is -0.0603. The predicted molar refractivity (Wildman–Crippen MR) is 117 cm³/mol. The van der Waals surface area contributed by atoms with E-state index in [-0.39, 0.29) is 23.7 Å². The lowest BCUT2D eigenvalue weighted by molar-refractivity contribution is -0.118. The zero-order chi connectivity index (χ0) is 20.9. The Kier molecular flexibility index (Phi) is 7.00. The topological polar surface area (TPSA) is 40.6 Å². The first-order valence-corrected chi connectivity index (χ1v) is 9.89. The molecule has 2 aromatic rings. The van der Waals surface area contributed by atoms with Crippen molar-refractivity contribution in [3.8, 4) is 0 Å². The first-order valence-electron chi connectivity index (χ1n) is 9.89. The number of carbonyl (C=O) groups excluding carboxylic acids is 2. The number of carbonyl (C=O) groups is 2. The molecule has 4 heteroatoms. The van der Waals surface area contributed by atoms with Gasteiger partial charge in [-0.2, -0.15) is 0 Å². The van der Waals surface area contributed by atoms with Crippen molar-refractivity contribution < 1.29 is 9.59 Å². The van der Waals surface area contributed by atoms with E-state index in [1.165, 1.54) is 5.56 Å². The summed E-state index contributed by atoms with van der Waals surface area (Å²) >= 11 is 0. The summed E-state index contributed by atoms with van der Waals surface area (Å²) in [5, 5.41) is 0. The molecule has 0 N–H and O–H groups in total. The molecule has 0 heterocycles. The molecule has 0 fully saturated rings. The summed E-state index contributed by atoms with van der Waals surface area (Å²) in [6.45, 7) is 13.0. The maximum Gasteiger partial charge on any atom is 0.228 e. The maximum atomic E-state index is 12.8. The van der Waals surface area contributed by atoms with Crippen molar-refractivity contribution in [2.75, 3.05) is 22.9 Å². The molecule has 0 radical (unpaired) electrons. The molecule has 0 bridgehead atoms. The fourth-order valence-corrected chi connectivity index (χ4v) is 3.25. The minimum Gasteiger partial charge on any atom is -0.313 e. The van der Waals surface area contributed by atoms with E-state index in [9.17, 15) is 9.59 Å². The van der Waals surface area contributed by atoms with Crippen molar-refractivity contribution in [1.82, 2.24) is 0 Å². The van der Waals surface area contributed by atoms with Crippen LogP contribution >= 0.6 is 0 Å². The Morgan fingerprint density at radius 3 is 2.07 bits per heavy atom. The summed E-state index contributed by atoms with van der Waals surface area (Å²) in [5.74, 6) is -0.0411. The number of rotatable bonds is 6. The van der Waals surface area contributed by atoms with Crippen molar-refractivity contribution in [1.29, 1.82) is 0 Å². The predicted octanol–water partition coefficient (Wildman–Crippen LogP) is 5.09. The molecule has 0 spiro atoms. The van der Waals surface area contributed by atoms with Gasteiger partial charge in [0, 0.05) is 37.8 Å². The van der Waals surface area contributed by atoms with Crippen LogP contribution in [-0.4, -0.2) is 24.9 Å². The molecule has 0 atom stereocenters. The number of anilines is 2. The van der Waals surface area contributed by atoms with Gasteiger partial charge in [0.2, 0.25) is 11.8 Å². The van der Waals surface area contributed by atoms with Gasteiger partial charge in [-0.1, -0.05) is 45.0 Å². The van der Waals surface area contributed by atoms with E-state index in [2.05, 4.69) is 32.9 Å². The van der Waals surface area contributed by atoms with E-state index in [0.717, 1.165) is 16.9 Å². The van der Waals surface area contributed by atoms with Gasteiger partial charge in [-0.25, -0.2) is 0 Å². The monoisotopic (exact) mass is 380 g/mol. The number of hydrogen-bond acceptors (Lipinski definition) is 2. The van der Waals surface area contributed by atoms with E-state index in [1.807, 2.05) is 50.2 Å². The third-order valence-electron chi connectivity index (χ3n) is 4.91. The SMILES string of the molecule is CCN(C(=O)CCN(C(C)=O)c1ccc(C(C)(C)C)cc1)c1cccc(C)c1. The van der Waals surface area contributed by atoms with Gasteiger partial charge in [0.15, 0.2) is 0 Å². The molecule has 0 aliphatic carbocycles. The first-order chi connectivity index (χ1) is 13.1. The lowest BCUT2D eigenvalue weighted by Crippen LogP contribution is -2.36. The van der Waals surface area contributed by atoms with Crippen LogP contribution in [0.5, 0.6) is 0 Å². The van der Waals surface area contributed by atoms with Crippen LogP contribution in [0.2, 0.25) is 0 Å². The van der Waals surface area contributed by atoms with Crippen LogP contribution in [-0.2, 0) is 15.0 Å². The van der Waals surface area contributed by atoms with E-state index in [4.69, 9.17) is 0 Å². The zero-order valence-electron chi connectivity index (χ0n) is 18.0. The molecular formula is C24H32N2O2. The lowest BCUT2D eigenvalue weighted by atomic mass is 9.87. The normalized spacial score (nSPS) is 11.2. The first kappa shape index (κ1) is 21.7. The highest BCUT2D eigenvalue weighted by Gasteiger charge is 2.19. The van der Waals surface area contributed by atoms with Crippen molar-refractivity contribution in [2.24, 2.45) is 0 Å². The Bertz CT molecular complexity index is 819. The Balaban J connectivity index is 2.12. The van der Waals surface area contributed by atoms with Crippen LogP contribution in [0.1, 0.15) is 52.2 Å². The minimum absolute atomic E-state index is 0.0191. The van der Waals surface area contributed by atoms with Crippen LogP contribution in [0.15, 0.2) is 48.5 Å². The molecule has 150 valence electrons. The summed E-state index contributed by atoms with van der Waals surface area (Å²) in [7, 11) is 0. The third-order valence-corrected chi connectivity index (χ3v) is 4.91. The summed E-state index contributed by atoms with van der Waals surface area (Å²) < 4.78 is 0. The maximum absolute atomic E-state index is 12.8. The number of amides is 2. The number of nitrogens with zero attached hydrogens (tertiary/aromatic N) is 2. The Morgan fingerprint density at radius 2 is 1.57 bits per heavy atom. The van der Waals surface area contributed by atoms with Crippen molar-refractivity contribution in [2.45, 2.75) is 53.4 Å². The molecule has 0 aliphatic rings. The number of aryl methyl sites for hydroxylation is 1. The summed E-state index contributed by atoms with van der Waals surface area (Å²) in [4.78, 5) is 28.5. The molecule has 2 amide bonds. The molecule has 4 nitrogen and oxygen atoms in total. The van der Waals surface area contributed by atoms with Gasteiger partial charge >= 0.3 is 0 Å². The van der Waals surface area contributed by atoms with Gasteiger partial charge in [0.1, 0.15) is 0 Å². The molecule has 2 rings (SSSR count). The second-order valence-corrected chi connectivity index (χ2v) is 8.19. The zero-order valence-corrected chi connectivity index (χ0v) is 18.0. The standard InChI is InChI=1S/C24H32N2O2/c1-7-25(22-10-8-9-18(2)17-22)23(28)15-16-26(19(3)27)21-13-11-20(12-14-21)24(4,5)6/h8-14,17H,7,15-16H2,1-6H3. The highest BCUT2D eigenvalue weighted by atomic mass is 16.2. The second kappa shape index (κ2) is 9.05. The Hall–Kier alpha value is -2.62. The number of hydrogen-bond donors (Lipinski definition) is 0.